The number of amides is 1. The van der Waals surface area contributed by atoms with Gasteiger partial charge in [-0.05, 0) is 30.5 Å². The molecule has 1 aliphatic heterocycles. The van der Waals surface area contributed by atoms with Crippen molar-refractivity contribution in [3.8, 4) is 0 Å². The topological polar surface area (TPSA) is 80.6 Å². The van der Waals surface area contributed by atoms with E-state index in [2.05, 4.69) is 5.32 Å². The van der Waals surface area contributed by atoms with Crippen LogP contribution in [-0.2, 0) is 21.8 Å². The molecule has 1 aliphatic rings. The third-order valence-electron chi connectivity index (χ3n) is 4.15. The molecule has 0 unspecified atom stereocenters. The Bertz CT molecular complexity index is 902. The molecule has 0 radical (unpaired) electrons. The molecule has 1 aromatic heterocycles. The van der Waals surface area contributed by atoms with E-state index >= 15 is 0 Å². The van der Waals surface area contributed by atoms with E-state index in [0.717, 1.165) is 4.90 Å². The Morgan fingerprint density at radius 1 is 1.23 bits per heavy atom. The molecule has 26 heavy (non-hydrogen) atoms. The van der Waals surface area contributed by atoms with Crippen LogP contribution in [0.15, 0.2) is 46.3 Å². The van der Waals surface area contributed by atoms with E-state index in [1.807, 2.05) is 24.5 Å². The number of sulfonamides is 1. The van der Waals surface area contributed by atoms with Gasteiger partial charge < -0.3 is 14.6 Å². The van der Waals surface area contributed by atoms with Gasteiger partial charge in [0.2, 0.25) is 10.0 Å². The molecule has 1 amide bonds. The summed E-state index contributed by atoms with van der Waals surface area (Å²) in [7, 11) is -1.97. The summed E-state index contributed by atoms with van der Waals surface area (Å²) in [6.07, 6.45) is 3.43. The van der Waals surface area contributed by atoms with Gasteiger partial charge in [-0.25, -0.2) is 8.42 Å². The Labute approximate surface area is 157 Å². The zero-order valence-electron chi connectivity index (χ0n) is 14.6. The fourth-order valence-corrected chi connectivity index (χ4v) is 4.67. The van der Waals surface area contributed by atoms with Crippen molar-refractivity contribution in [2.75, 3.05) is 37.9 Å². The third kappa shape index (κ3) is 3.96. The Hall–Kier alpha value is -1.81. The summed E-state index contributed by atoms with van der Waals surface area (Å²) >= 11 is 1.58. The molecule has 0 spiro atoms. The van der Waals surface area contributed by atoms with Gasteiger partial charge in [-0.15, -0.1) is 11.8 Å². The number of hydrogen-bond donors (Lipinski definition) is 1. The highest BCUT2D eigenvalue weighted by atomic mass is 32.2. The Kier molecular flexibility index (Phi) is 5.71. The molecule has 140 valence electrons. The van der Waals surface area contributed by atoms with Crippen molar-refractivity contribution >= 4 is 33.4 Å². The highest BCUT2D eigenvalue weighted by Crippen LogP contribution is 2.22. The number of nitrogens with one attached hydrogen (secondary N) is 1. The van der Waals surface area contributed by atoms with E-state index in [1.165, 1.54) is 21.1 Å². The first-order valence-corrected chi connectivity index (χ1v) is 10.8. The molecule has 1 fully saturated rings. The fourth-order valence-electron chi connectivity index (χ4n) is 2.73. The van der Waals surface area contributed by atoms with Crippen LogP contribution in [0.5, 0.6) is 0 Å². The van der Waals surface area contributed by atoms with E-state index in [1.54, 1.807) is 24.9 Å². The lowest BCUT2D eigenvalue weighted by molar-refractivity contribution is 0.0730. The van der Waals surface area contributed by atoms with Crippen LogP contribution >= 0.6 is 11.8 Å². The predicted molar refractivity (Wildman–Crippen MR) is 101 cm³/mol. The number of aromatic nitrogens is 1. The van der Waals surface area contributed by atoms with Crippen molar-refractivity contribution in [3.05, 3.63) is 42.2 Å². The highest BCUT2D eigenvalue weighted by Gasteiger charge is 2.28. The number of nitrogens with zero attached hydrogens (tertiary/aromatic N) is 2. The lowest BCUT2D eigenvalue weighted by atomic mass is 10.3. The Balaban J connectivity index is 1.82. The lowest BCUT2D eigenvalue weighted by Crippen LogP contribution is -2.40. The Morgan fingerprint density at radius 2 is 1.96 bits per heavy atom. The summed E-state index contributed by atoms with van der Waals surface area (Å²) in [5, 5.41) is 2.82. The maximum Gasteiger partial charge on any atom is 0.272 e. The first-order valence-electron chi connectivity index (χ1n) is 8.11. The number of benzene rings is 1. The van der Waals surface area contributed by atoms with Crippen LogP contribution in [0.3, 0.4) is 0 Å². The molecule has 7 nitrogen and oxygen atoms in total. The van der Waals surface area contributed by atoms with Crippen molar-refractivity contribution in [1.82, 2.24) is 8.87 Å². The number of thioether (sulfide) groups is 1. The van der Waals surface area contributed by atoms with Gasteiger partial charge in [0.05, 0.1) is 13.2 Å². The SMILES string of the molecule is CSc1cccc(NC(=O)c2cc(S(=O)(=O)N3CCOCC3)cn2C)c1. The number of anilines is 1. The number of rotatable bonds is 5. The van der Waals surface area contributed by atoms with Gasteiger partial charge >= 0.3 is 0 Å². The summed E-state index contributed by atoms with van der Waals surface area (Å²) in [5.41, 5.74) is 0.951. The monoisotopic (exact) mass is 395 g/mol. The predicted octanol–water partition coefficient (Wildman–Crippen LogP) is 2.02. The number of ether oxygens (including phenoxy) is 1. The maximum atomic E-state index is 12.7. The zero-order valence-corrected chi connectivity index (χ0v) is 16.3. The van der Waals surface area contributed by atoms with Crippen molar-refractivity contribution in [2.45, 2.75) is 9.79 Å². The number of carbonyl (C=O) groups is 1. The van der Waals surface area contributed by atoms with Crippen LogP contribution in [0.4, 0.5) is 5.69 Å². The number of aryl methyl sites for hydroxylation is 1. The molecule has 3 rings (SSSR count). The molecule has 1 aromatic carbocycles. The van der Waals surface area contributed by atoms with E-state index in [-0.39, 0.29) is 16.5 Å². The van der Waals surface area contributed by atoms with Gasteiger partial charge in [0, 0.05) is 36.9 Å². The summed E-state index contributed by atoms with van der Waals surface area (Å²) in [5.74, 6) is -0.353. The lowest BCUT2D eigenvalue weighted by Gasteiger charge is -2.25. The van der Waals surface area contributed by atoms with Gasteiger partial charge in [0.15, 0.2) is 0 Å². The van der Waals surface area contributed by atoms with E-state index < -0.39 is 10.0 Å². The van der Waals surface area contributed by atoms with Crippen molar-refractivity contribution in [2.24, 2.45) is 7.05 Å². The number of morpholine rings is 1. The van der Waals surface area contributed by atoms with Crippen LogP contribution in [0.2, 0.25) is 0 Å². The largest absolute Gasteiger partial charge is 0.379 e. The molecule has 0 atom stereocenters. The van der Waals surface area contributed by atoms with Gasteiger partial charge in [-0.3, -0.25) is 4.79 Å². The van der Waals surface area contributed by atoms with E-state index in [9.17, 15) is 13.2 Å². The molecule has 2 aromatic rings. The van der Waals surface area contributed by atoms with E-state index in [0.29, 0.717) is 32.0 Å². The second kappa shape index (κ2) is 7.83. The van der Waals surface area contributed by atoms with Gasteiger partial charge in [0.25, 0.3) is 5.91 Å². The molecule has 0 saturated carbocycles. The quantitative estimate of drug-likeness (QED) is 0.784. The summed E-state index contributed by atoms with van der Waals surface area (Å²) in [4.78, 5) is 13.7. The van der Waals surface area contributed by atoms with Crippen molar-refractivity contribution in [1.29, 1.82) is 0 Å². The molecule has 1 saturated heterocycles. The smallest absolute Gasteiger partial charge is 0.272 e. The molecule has 9 heteroatoms. The average Bonchev–Trinajstić information content (AvgIpc) is 3.05. The molecular weight excluding hydrogens is 374 g/mol. The highest BCUT2D eigenvalue weighted by molar-refractivity contribution is 7.98. The van der Waals surface area contributed by atoms with Crippen LogP contribution in [0, 0.1) is 0 Å². The average molecular weight is 396 g/mol. The minimum Gasteiger partial charge on any atom is -0.379 e. The second-order valence-electron chi connectivity index (χ2n) is 5.87. The third-order valence-corrected chi connectivity index (χ3v) is 6.74. The van der Waals surface area contributed by atoms with Crippen LogP contribution in [-0.4, -0.2) is 55.8 Å². The van der Waals surface area contributed by atoms with E-state index in [4.69, 9.17) is 4.74 Å². The minimum absolute atomic E-state index is 0.116. The summed E-state index contributed by atoms with van der Waals surface area (Å²) < 4.78 is 33.6. The van der Waals surface area contributed by atoms with Gasteiger partial charge in [-0.2, -0.15) is 4.31 Å². The Morgan fingerprint density at radius 3 is 2.65 bits per heavy atom. The summed E-state index contributed by atoms with van der Waals surface area (Å²) in [6, 6.07) is 8.90. The normalized spacial score (nSPS) is 15.8. The zero-order chi connectivity index (χ0) is 18.7. The molecule has 2 heterocycles. The first kappa shape index (κ1) is 19.0. The number of hydrogen-bond acceptors (Lipinski definition) is 5. The molecule has 0 aliphatic carbocycles. The van der Waals surface area contributed by atoms with Gasteiger partial charge in [0.1, 0.15) is 10.6 Å². The standard InChI is InChI=1S/C17H21N3O4S2/c1-19-12-15(26(22,23)20-6-8-24-9-7-20)11-16(19)17(21)18-13-4-3-5-14(10-13)25-2/h3-5,10-12H,6-9H2,1-2H3,(H,18,21). The van der Waals surface area contributed by atoms with Gasteiger partial charge in [-0.1, -0.05) is 6.07 Å². The fraction of sp³-hybridized carbons (Fsp3) is 0.353. The maximum absolute atomic E-state index is 12.7. The molecular formula is C17H21N3O4S2. The van der Waals surface area contributed by atoms with Crippen LogP contribution < -0.4 is 5.32 Å². The van der Waals surface area contributed by atoms with Crippen molar-refractivity contribution in [3.63, 3.8) is 0 Å². The van der Waals surface area contributed by atoms with Crippen LogP contribution in [0.1, 0.15) is 10.5 Å². The second-order valence-corrected chi connectivity index (χ2v) is 8.69. The first-order chi connectivity index (χ1) is 12.4. The molecule has 1 N–H and O–H groups in total. The summed E-state index contributed by atoms with van der Waals surface area (Å²) in [6.45, 7) is 1.40. The van der Waals surface area contributed by atoms with Crippen molar-refractivity contribution < 1.29 is 17.9 Å². The number of carbonyl (C=O) groups excluding carboxylic acids is 1. The van der Waals surface area contributed by atoms with Crippen LogP contribution in [0.25, 0.3) is 0 Å². The minimum atomic E-state index is -3.63. The molecule has 0 bridgehead atoms.